The van der Waals surface area contributed by atoms with Crippen molar-refractivity contribution in [2.75, 3.05) is 6.54 Å². The number of nitrogens with one attached hydrogen (secondary N) is 1. The van der Waals surface area contributed by atoms with Crippen LogP contribution in [0.2, 0.25) is 0 Å². The summed E-state index contributed by atoms with van der Waals surface area (Å²) < 4.78 is 1.18. The molecule has 1 aromatic heterocycles. The molecule has 3 rings (SSSR count). The van der Waals surface area contributed by atoms with Crippen molar-refractivity contribution in [1.29, 1.82) is 0 Å². The normalized spacial score (nSPS) is 17.5. The first-order valence-corrected chi connectivity index (χ1v) is 7.78. The van der Waals surface area contributed by atoms with E-state index >= 15 is 0 Å². The van der Waals surface area contributed by atoms with Crippen LogP contribution < -0.4 is 5.32 Å². The van der Waals surface area contributed by atoms with E-state index in [4.69, 9.17) is 0 Å². The van der Waals surface area contributed by atoms with E-state index in [0.717, 1.165) is 13.1 Å². The zero-order valence-corrected chi connectivity index (χ0v) is 13.0. The number of fused-ring (bicyclic) bond motifs is 1. The van der Waals surface area contributed by atoms with E-state index in [9.17, 15) is 0 Å². The van der Waals surface area contributed by atoms with E-state index in [1.165, 1.54) is 25.4 Å². The summed E-state index contributed by atoms with van der Waals surface area (Å²) in [5, 5.41) is 3.51. The smallest absolute Gasteiger partial charge is 0.0360 e. The lowest BCUT2D eigenvalue weighted by molar-refractivity contribution is 0.440. The highest BCUT2D eigenvalue weighted by Gasteiger charge is 2.29. The van der Waals surface area contributed by atoms with Crippen LogP contribution in [-0.2, 0) is 12.0 Å². The van der Waals surface area contributed by atoms with Crippen LogP contribution in [0.5, 0.6) is 0 Å². The van der Waals surface area contributed by atoms with E-state index in [-0.39, 0.29) is 5.41 Å². The molecule has 2 heterocycles. The summed E-state index contributed by atoms with van der Waals surface area (Å²) in [4.78, 5) is 2.85. The fourth-order valence-corrected chi connectivity index (χ4v) is 4.49. The van der Waals surface area contributed by atoms with Crippen LogP contribution >= 0.6 is 27.3 Å². The fraction of sp³-hybridized carbons (Fsp3) is 0.333. The first-order valence-electron chi connectivity index (χ1n) is 6.17. The van der Waals surface area contributed by atoms with Gasteiger partial charge in [-0.25, -0.2) is 0 Å². The number of hydrogen-bond acceptors (Lipinski definition) is 2. The summed E-state index contributed by atoms with van der Waals surface area (Å²) in [6, 6.07) is 10.8. The Balaban J connectivity index is 2.12. The molecule has 0 amide bonds. The first-order chi connectivity index (χ1) is 8.58. The lowest BCUT2D eigenvalue weighted by Crippen LogP contribution is -2.37. The molecule has 1 aromatic carbocycles. The van der Waals surface area contributed by atoms with Crippen LogP contribution in [0.25, 0.3) is 10.4 Å². The van der Waals surface area contributed by atoms with Gasteiger partial charge in [0.2, 0.25) is 0 Å². The minimum atomic E-state index is 0.240. The van der Waals surface area contributed by atoms with Gasteiger partial charge in [0.05, 0.1) is 0 Å². The van der Waals surface area contributed by atoms with Crippen molar-refractivity contribution in [1.82, 2.24) is 5.32 Å². The summed E-state index contributed by atoms with van der Waals surface area (Å²) in [7, 11) is 0. The Morgan fingerprint density at radius 3 is 2.78 bits per heavy atom. The predicted molar refractivity (Wildman–Crippen MR) is 82.2 cm³/mol. The van der Waals surface area contributed by atoms with Gasteiger partial charge in [-0.05, 0) is 17.7 Å². The molecule has 18 heavy (non-hydrogen) atoms. The van der Waals surface area contributed by atoms with Gasteiger partial charge in [0.25, 0.3) is 0 Å². The second kappa shape index (κ2) is 4.48. The van der Waals surface area contributed by atoms with Gasteiger partial charge in [-0.3, -0.25) is 0 Å². The highest BCUT2D eigenvalue weighted by Crippen LogP contribution is 2.41. The van der Waals surface area contributed by atoms with Gasteiger partial charge in [-0.2, -0.15) is 0 Å². The number of thiophene rings is 1. The molecule has 0 radical (unpaired) electrons. The number of hydrogen-bond donors (Lipinski definition) is 1. The van der Waals surface area contributed by atoms with Crippen molar-refractivity contribution in [3.63, 3.8) is 0 Å². The molecule has 0 saturated heterocycles. The molecule has 0 atom stereocenters. The van der Waals surface area contributed by atoms with Crippen LogP contribution in [-0.4, -0.2) is 6.54 Å². The summed E-state index contributed by atoms with van der Waals surface area (Å²) in [5.41, 5.74) is 3.05. The van der Waals surface area contributed by atoms with E-state index in [2.05, 4.69) is 65.4 Å². The average Bonchev–Trinajstić information content (AvgIpc) is 2.74. The van der Waals surface area contributed by atoms with Crippen molar-refractivity contribution in [2.24, 2.45) is 0 Å². The third-order valence-electron chi connectivity index (χ3n) is 3.53. The molecule has 3 heteroatoms. The molecule has 94 valence electrons. The maximum atomic E-state index is 3.65. The van der Waals surface area contributed by atoms with Crippen LogP contribution in [0.15, 0.2) is 34.8 Å². The molecular weight excluding hydrogens is 306 g/mol. The van der Waals surface area contributed by atoms with Gasteiger partial charge in [-0.15, -0.1) is 11.3 Å². The maximum Gasteiger partial charge on any atom is 0.0360 e. The standard InChI is InChI=1S/C15H16BrNS/c1-15(2)9-17-8-14-11(15)7-13(18-14)10-5-3-4-6-12(10)16/h3-7,17H,8-9H2,1-2H3. The van der Waals surface area contributed by atoms with E-state index in [1.54, 1.807) is 0 Å². The number of halogens is 1. The van der Waals surface area contributed by atoms with Crippen LogP contribution in [0, 0.1) is 0 Å². The quantitative estimate of drug-likeness (QED) is 0.812. The lowest BCUT2D eigenvalue weighted by atomic mass is 9.82. The average molecular weight is 322 g/mol. The molecule has 1 aliphatic rings. The molecule has 0 aliphatic carbocycles. The Morgan fingerprint density at radius 2 is 2.06 bits per heavy atom. The zero-order valence-electron chi connectivity index (χ0n) is 10.6. The third-order valence-corrected chi connectivity index (χ3v) is 5.39. The molecule has 1 nitrogen and oxygen atoms in total. The highest BCUT2D eigenvalue weighted by atomic mass is 79.9. The lowest BCUT2D eigenvalue weighted by Gasteiger charge is -2.30. The molecule has 2 aromatic rings. The monoisotopic (exact) mass is 321 g/mol. The molecule has 0 fully saturated rings. The number of rotatable bonds is 1. The molecule has 1 aliphatic heterocycles. The minimum absolute atomic E-state index is 0.240. The molecule has 0 unspecified atom stereocenters. The van der Waals surface area contributed by atoms with Gasteiger partial charge >= 0.3 is 0 Å². The Bertz CT molecular complexity index is 586. The molecular formula is C15H16BrNS. The SMILES string of the molecule is CC1(C)CNCc2sc(-c3ccccc3Br)cc21. The van der Waals surface area contributed by atoms with Gasteiger partial charge in [-0.1, -0.05) is 48.0 Å². The van der Waals surface area contributed by atoms with Crippen molar-refractivity contribution >= 4 is 27.3 Å². The van der Waals surface area contributed by atoms with Gasteiger partial charge in [0, 0.05) is 38.3 Å². The molecule has 0 spiro atoms. The summed E-state index contributed by atoms with van der Waals surface area (Å²) in [5.74, 6) is 0. The summed E-state index contributed by atoms with van der Waals surface area (Å²) in [6.07, 6.45) is 0. The van der Waals surface area contributed by atoms with Crippen molar-refractivity contribution in [3.05, 3.63) is 45.2 Å². The second-order valence-corrected chi connectivity index (χ2v) is 7.41. The third kappa shape index (κ3) is 2.04. The largest absolute Gasteiger partial charge is 0.311 e. The maximum absolute atomic E-state index is 3.65. The minimum Gasteiger partial charge on any atom is -0.311 e. The highest BCUT2D eigenvalue weighted by molar-refractivity contribution is 9.10. The van der Waals surface area contributed by atoms with Crippen LogP contribution in [0.3, 0.4) is 0 Å². The zero-order chi connectivity index (χ0) is 12.8. The van der Waals surface area contributed by atoms with Crippen LogP contribution in [0.1, 0.15) is 24.3 Å². The van der Waals surface area contributed by atoms with Gasteiger partial charge in [0.15, 0.2) is 0 Å². The Kier molecular flexibility index (Phi) is 3.08. The fourth-order valence-electron chi connectivity index (χ4n) is 2.51. The Morgan fingerprint density at radius 1 is 1.28 bits per heavy atom. The Labute approximate surface area is 120 Å². The summed E-state index contributed by atoms with van der Waals surface area (Å²) in [6.45, 7) is 6.70. The van der Waals surface area contributed by atoms with Crippen LogP contribution in [0.4, 0.5) is 0 Å². The van der Waals surface area contributed by atoms with Crippen molar-refractivity contribution < 1.29 is 0 Å². The van der Waals surface area contributed by atoms with Gasteiger partial charge in [0.1, 0.15) is 0 Å². The van der Waals surface area contributed by atoms with Crippen molar-refractivity contribution in [2.45, 2.75) is 25.8 Å². The van der Waals surface area contributed by atoms with Crippen molar-refractivity contribution in [3.8, 4) is 10.4 Å². The predicted octanol–water partition coefficient (Wildman–Crippen LogP) is 4.56. The van der Waals surface area contributed by atoms with E-state index in [0.29, 0.717) is 0 Å². The molecule has 1 N–H and O–H groups in total. The second-order valence-electron chi connectivity index (χ2n) is 5.41. The van der Waals surface area contributed by atoms with E-state index in [1.807, 2.05) is 11.3 Å². The first kappa shape index (κ1) is 12.4. The Hall–Kier alpha value is -0.640. The van der Waals surface area contributed by atoms with E-state index < -0.39 is 0 Å². The topological polar surface area (TPSA) is 12.0 Å². The molecule has 0 saturated carbocycles. The van der Waals surface area contributed by atoms with Gasteiger partial charge < -0.3 is 5.32 Å². The number of benzene rings is 1. The molecule has 0 bridgehead atoms. The summed E-state index contributed by atoms with van der Waals surface area (Å²) >= 11 is 5.56.